The second-order valence-corrected chi connectivity index (χ2v) is 8.33. The molecule has 2 aliphatic rings. The third kappa shape index (κ3) is 4.18. The fourth-order valence-electron chi connectivity index (χ4n) is 4.57. The Balaban J connectivity index is 1.36. The molecule has 162 valence electrons. The Morgan fingerprint density at radius 2 is 1.68 bits per heavy atom. The molecule has 3 N–H and O–H groups in total. The fraction of sp³-hybridized carbons (Fsp3) is 0.375. The van der Waals surface area contributed by atoms with Gasteiger partial charge in [0.2, 0.25) is 5.91 Å². The first kappa shape index (κ1) is 21.1. The molecule has 2 aliphatic heterocycles. The number of amides is 4. The highest BCUT2D eigenvalue weighted by molar-refractivity contribution is 6.07. The van der Waals surface area contributed by atoms with Crippen LogP contribution in [0.15, 0.2) is 60.7 Å². The molecule has 2 aromatic rings. The molecule has 0 bridgehead atoms. The van der Waals surface area contributed by atoms with E-state index in [1.807, 2.05) is 67.6 Å². The summed E-state index contributed by atoms with van der Waals surface area (Å²) in [5, 5.41) is 5.91. The SMILES string of the molecule is CC[C@@]1(c2ccccc2)NC(=O)N(C[NH+]2CCC(C(=O)Nc3ccccc3)CC2)C1=O. The number of carbonyl (C=O) groups is 3. The molecule has 0 aliphatic carbocycles. The van der Waals surface area contributed by atoms with Crippen LogP contribution in [0.2, 0.25) is 0 Å². The third-order valence-corrected chi connectivity index (χ3v) is 6.46. The number of benzene rings is 2. The molecule has 0 spiro atoms. The number of quaternary nitrogens is 1. The zero-order valence-corrected chi connectivity index (χ0v) is 17.8. The minimum atomic E-state index is -0.994. The highest BCUT2D eigenvalue weighted by atomic mass is 16.2. The summed E-state index contributed by atoms with van der Waals surface area (Å²) in [6.45, 7) is 3.73. The number of imide groups is 1. The third-order valence-electron chi connectivity index (χ3n) is 6.46. The molecule has 7 nitrogen and oxygen atoms in total. The molecule has 1 atom stereocenters. The second kappa shape index (κ2) is 8.89. The number of hydrogen-bond acceptors (Lipinski definition) is 3. The number of anilines is 1. The van der Waals surface area contributed by atoms with Gasteiger partial charge >= 0.3 is 6.03 Å². The van der Waals surface area contributed by atoms with Crippen molar-refractivity contribution in [3.63, 3.8) is 0 Å². The van der Waals surface area contributed by atoms with E-state index in [2.05, 4.69) is 10.6 Å². The van der Waals surface area contributed by atoms with E-state index in [-0.39, 0.29) is 23.8 Å². The zero-order valence-electron chi connectivity index (χ0n) is 17.8. The van der Waals surface area contributed by atoms with Gasteiger partial charge in [-0.1, -0.05) is 55.5 Å². The molecule has 0 saturated carbocycles. The molecule has 2 aromatic carbocycles. The van der Waals surface area contributed by atoms with E-state index in [1.165, 1.54) is 4.90 Å². The maximum absolute atomic E-state index is 13.3. The average Bonchev–Trinajstić information content (AvgIpc) is 3.06. The number of carbonyl (C=O) groups excluding carboxylic acids is 3. The number of urea groups is 1. The summed E-state index contributed by atoms with van der Waals surface area (Å²) >= 11 is 0. The fourth-order valence-corrected chi connectivity index (χ4v) is 4.57. The van der Waals surface area contributed by atoms with Gasteiger partial charge in [0.1, 0.15) is 5.54 Å². The Morgan fingerprint density at radius 1 is 1.06 bits per heavy atom. The van der Waals surface area contributed by atoms with E-state index in [1.54, 1.807) is 0 Å². The van der Waals surface area contributed by atoms with Crippen LogP contribution >= 0.6 is 0 Å². The van der Waals surface area contributed by atoms with Crippen LogP contribution in [0, 0.1) is 5.92 Å². The molecule has 2 heterocycles. The van der Waals surface area contributed by atoms with Crippen molar-refractivity contribution in [2.45, 2.75) is 31.7 Å². The van der Waals surface area contributed by atoms with E-state index >= 15 is 0 Å². The van der Waals surface area contributed by atoms with Crippen LogP contribution in [0.3, 0.4) is 0 Å². The van der Waals surface area contributed by atoms with E-state index in [0.29, 0.717) is 13.1 Å². The first-order chi connectivity index (χ1) is 15.0. The molecule has 0 radical (unpaired) electrons. The van der Waals surface area contributed by atoms with Gasteiger partial charge in [0.05, 0.1) is 13.1 Å². The van der Waals surface area contributed by atoms with Gasteiger partial charge in [-0.3, -0.25) is 9.59 Å². The summed E-state index contributed by atoms with van der Waals surface area (Å²) < 4.78 is 0. The zero-order chi connectivity index (χ0) is 21.8. The van der Waals surface area contributed by atoms with E-state index in [4.69, 9.17) is 0 Å². The molecule has 2 fully saturated rings. The molecule has 0 aromatic heterocycles. The highest BCUT2D eigenvalue weighted by Gasteiger charge is 2.52. The number of rotatable bonds is 6. The van der Waals surface area contributed by atoms with Crippen LogP contribution in [0.5, 0.6) is 0 Å². The van der Waals surface area contributed by atoms with Crippen molar-refractivity contribution in [1.29, 1.82) is 0 Å². The Kier molecular flexibility index (Phi) is 6.04. The smallest absolute Gasteiger partial charge is 0.326 e. The van der Waals surface area contributed by atoms with Crippen LogP contribution < -0.4 is 15.5 Å². The maximum Gasteiger partial charge on any atom is 0.329 e. The summed E-state index contributed by atoms with van der Waals surface area (Å²) in [5.41, 5.74) is 0.620. The van der Waals surface area contributed by atoms with Gasteiger partial charge in [-0.2, -0.15) is 0 Å². The van der Waals surface area contributed by atoms with Gasteiger partial charge in [-0.15, -0.1) is 0 Å². The lowest BCUT2D eigenvalue weighted by Crippen LogP contribution is -3.14. The summed E-state index contributed by atoms with van der Waals surface area (Å²) in [6, 6.07) is 18.5. The second-order valence-electron chi connectivity index (χ2n) is 8.33. The van der Waals surface area contributed by atoms with Crippen molar-refractivity contribution < 1.29 is 19.3 Å². The van der Waals surface area contributed by atoms with Crippen molar-refractivity contribution in [1.82, 2.24) is 10.2 Å². The molecule has 4 amide bonds. The standard InChI is InChI=1S/C24H28N4O3/c1-2-24(19-9-5-3-6-10-19)22(30)28(23(31)26-24)17-27-15-13-18(14-16-27)21(29)25-20-11-7-4-8-12-20/h3-12,18H,2,13-17H2,1H3,(H,25,29)(H,26,31)/p+1/t24-/m0/s1. The van der Waals surface area contributed by atoms with Crippen LogP contribution in [-0.2, 0) is 15.1 Å². The van der Waals surface area contributed by atoms with Gasteiger partial charge in [-0.05, 0) is 24.1 Å². The average molecular weight is 422 g/mol. The van der Waals surface area contributed by atoms with Crippen molar-refractivity contribution in [2.75, 3.05) is 25.1 Å². The van der Waals surface area contributed by atoms with Crippen LogP contribution in [0.1, 0.15) is 31.7 Å². The van der Waals surface area contributed by atoms with Gasteiger partial charge in [0.25, 0.3) is 5.91 Å². The van der Waals surface area contributed by atoms with Crippen molar-refractivity contribution in [3.05, 3.63) is 66.2 Å². The predicted octanol–water partition coefficient (Wildman–Crippen LogP) is 1.73. The van der Waals surface area contributed by atoms with Crippen LogP contribution in [0.25, 0.3) is 0 Å². The largest absolute Gasteiger partial charge is 0.329 e. The van der Waals surface area contributed by atoms with E-state index in [9.17, 15) is 14.4 Å². The summed E-state index contributed by atoms with van der Waals surface area (Å²) in [6.07, 6.45) is 1.96. The Bertz CT molecular complexity index is 942. The minimum absolute atomic E-state index is 0.0364. The molecule has 31 heavy (non-hydrogen) atoms. The lowest BCUT2D eigenvalue weighted by atomic mass is 9.87. The first-order valence-corrected chi connectivity index (χ1v) is 10.9. The summed E-state index contributed by atoms with van der Waals surface area (Å²) in [4.78, 5) is 41.0. The maximum atomic E-state index is 13.3. The number of para-hydroxylation sites is 1. The van der Waals surface area contributed by atoms with Crippen molar-refractivity contribution in [3.8, 4) is 0 Å². The van der Waals surface area contributed by atoms with Crippen LogP contribution in [-0.4, -0.2) is 42.5 Å². The number of nitrogens with one attached hydrogen (secondary N) is 3. The topological polar surface area (TPSA) is 82.9 Å². The number of piperidine rings is 1. The van der Waals surface area contributed by atoms with E-state index < -0.39 is 5.54 Å². The molecular weight excluding hydrogens is 392 g/mol. The van der Waals surface area contributed by atoms with Gasteiger partial charge < -0.3 is 15.5 Å². The summed E-state index contributed by atoms with van der Waals surface area (Å²) in [7, 11) is 0. The summed E-state index contributed by atoms with van der Waals surface area (Å²) in [5.74, 6) is -0.205. The Morgan fingerprint density at radius 3 is 2.29 bits per heavy atom. The molecule has 4 rings (SSSR count). The lowest BCUT2D eigenvalue weighted by molar-refractivity contribution is -0.912. The van der Waals surface area contributed by atoms with Gasteiger partial charge in [-0.25, -0.2) is 9.69 Å². The van der Waals surface area contributed by atoms with Gasteiger partial charge in [0, 0.05) is 24.4 Å². The molecule has 7 heteroatoms. The van der Waals surface area contributed by atoms with Crippen molar-refractivity contribution >= 4 is 23.5 Å². The molecular formula is C24H29N4O3+. The van der Waals surface area contributed by atoms with E-state index in [0.717, 1.165) is 42.1 Å². The Hall–Kier alpha value is -3.19. The first-order valence-electron chi connectivity index (χ1n) is 10.9. The number of nitrogens with zero attached hydrogens (tertiary/aromatic N) is 1. The minimum Gasteiger partial charge on any atom is -0.326 e. The predicted molar refractivity (Wildman–Crippen MR) is 117 cm³/mol. The molecule has 0 unspecified atom stereocenters. The molecule has 2 saturated heterocycles. The highest BCUT2D eigenvalue weighted by Crippen LogP contribution is 2.31. The normalized spacial score (nSPS) is 25.9. The van der Waals surface area contributed by atoms with Crippen LogP contribution in [0.4, 0.5) is 10.5 Å². The number of hydrogen-bond donors (Lipinski definition) is 3. The van der Waals surface area contributed by atoms with Gasteiger partial charge in [0.15, 0.2) is 6.67 Å². The Labute approximate surface area is 182 Å². The monoisotopic (exact) mass is 421 g/mol. The quantitative estimate of drug-likeness (QED) is 0.622. The lowest BCUT2D eigenvalue weighted by Gasteiger charge is -2.31. The van der Waals surface area contributed by atoms with Crippen molar-refractivity contribution in [2.24, 2.45) is 5.92 Å². The number of likely N-dealkylation sites (tertiary alicyclic amines) is 1.